The second kappa shape index (κ2) is 7.94. The zero-order valence-electron chi connectivity index (χ0n) is 15.4. The Labute approximate surface area is 160 Å². The molecular formula is C19H19F3N4O2. The van der Waals surface area contributed by atoms with E-state index in [0.717, 1.165) is 12.6 Å². The van der Waals surface area contributed by atoms with E-state index in [1.165, 1.54) is 14.2 Å². The van der Waals surface area contributed by atoms with Crippen molar-refractivity contribution in [2.24, 2.45) is 5.73 Å². The lowest BCUT2D eigenvalue weighted by Crippen LogP contribution is -2.28. The molecule has 0 spiro atoms. The van der Waals surface area contributed by atoms with Crippen molar-refractivity contribution in [2.45, 2.75) is 18.6 Å². The van der Waals surface area contributed by atoms with Crippen LogP contribution in [0.4, 0.5) is 19.1 Å². The van der Waals surface area contributed by atoms with Gasteiger partial charge >= 0.3 is 6.18 Å². The van der Waals surface area contributed by atoms with Crippen LogP contribution in [0.25, 0.3) is 0 Å². The summed E-state index contributed by atoms with van der Waals surface area (Å²) in [6.45, 7) is 1.08. The van der Waals surface area contributed by atoms with Crippen LogP contribution in [0, 0.1) is 11.8 Å². The molecule has 0 saturated carbocycles. The molecule has 0 amide bonds. The van der Waals surface area contributed by atoms with Gasteiger partial charge in [0.15, 0.2) is 0 Å². The summed E-state index contributed by atoms with van der Waals surface area (Å²) >= 11 is 0. The Morgan fingerprint density at radius 1 is 1.14 bits per heavy atom. The summed E-state index contributed by atoms with van der Waals surface area (Å²) in [4.78, 5) is 9.68. The van der Waals surface area contributed by atoms with E-state index < -0.39 is 11.7 Å². The number of hydrogen-bond acceptors (Lipinski definition) is 6. The van der Waals surface area contributed by atoms with Gasteiger partial charge in [0.05, 0.1) is 14.2 Å². The summed E-state index contributed by atoms with van der Waals surface area (Å²) in [6.07, 6.45) is -3.12. The lowest BCUT2D eigenvalue weighted by molar-refractivity contribution is -0.138. The number of ether oxygens (including phenoxy) is 2. The van der Waals surface area contributed by atoms with Crippen LogP contribution >= 0.6 is 0 Å². The van der Waals surface area contributed by atoms with E-state index in [1.807, 2.05) is 0 Å². The van der Waals surface area contributed by atoms with Crippen LogP contribution in [0.3, 0.4) is 0 Å². The first kappa shape index (κ1) is 19.8. The van der Waals surface area contributed by atoms with Crippen molar-refractivity contribution in [3.8, 4) is 23.3 Å². The summed E-state index contributed by atoms with van der Waals surface area (Å²) in [5, 5.41) is 0. The van der Waals surface area contributed by atoms with Crippen LogP contribution in [0.15, 0.2) is 24.4 Å². The Bertz CT molecular complexity index is 899. The molecule has 0 bridgehead atoms. The molecule has 1 aliphatic heterocycles. The van der Waals surface area contributed by atoms with E-state index in [1.54, 1.807) is 23.1 Å². The topological polar surface area (TPSA) is 73.5 Å². The second-order valence-corrected chi connectivity index (χ2v) is 6.28. The standard InChI is InChI=1S/C19H19F3N4O2/c1-27-14-7-12(8-15(9-14)28-2)3-4-17-16(19(20,21)22)10-24-18(25-17)26-6-5-13(23)11-26/h7-10,13H,5-6,11,23H2,1-2H3/t13-/m0/s1. The SMILES string of the molecule is COc1cc(C#Cc2nc(N3CC[C@H](N)C3)ncc2C(F)(F)F)cc(OC)c1. The molecule has 1 aromatic heterocycles. The van der Waals surface area contributed by atoms with Crippen molar-refractivity contribution >= 4 is 5.95 Å². The third-order valence-electron chi connectivity index (χ3n) is 4.27. The number of methoxy groups -OCH3 is 2. The summed E-state index contributed by atoms with van der Waals surface area (Å²) in [7, 11) is 2.95. The van der Waals surface area contributed by atoms with Crippen molar-refractivity contribution in [1.82, 2.24) is 9.97 Å². The quantitative estimate of drug-likeness (QED) is 0.809. The largest absolute Gasteiger partial charge is 0.497 e. The number of anilines is 1. The first-order valence-corrected chi connectivity index (χ1v) is 8.50. The number of alkyl halides is 3. The minimum atomic E-state index is -4.62. The summed E-state index contributed by atoms with van der Waals surface area (Å²) in [5.74, 6) is 6.38. The fourth-order valence-electron chi connectivity index (χ4n) is 2.81. The first-order chi connectivity index (χ1) is 13.3. The molecule has 148 valence electrons. The van der Waals surface area contributed by atoms with Gasteiger partial charge in [-0.15, -0.1) is 0 Å². The molecule has 2 heterocycles. The van der Waals surface area contributed by atoms with Crippen molar-refractivity contribution in [2.75, 3.05) is 32.2 Å². The number of nitrogens with two attached hydrogens (primary N) is 1. The minimum absolute atomic E-state index is 0.0512. The fraction of sp³-hybridized carbons (Fsp3) is 0.368. The average Bonchev–Trinajstić information content (AvgIpc) is 3.11. The predicted molar refractivity (Wildman–Crippen MR) is 97.4 cm³/mol. The second-order valence-electron chi connectivity index (χ2n) is 6.28. The van der Waals surface area contributed by atoms with Gasteiger partial charge < -0.3 is 20.1 Å². The highest BCUT2D eigenvalue weighted by Gasteiger charge is 2.35. The maximum absolute atomic E-state index is 13.4. The van der Waals surface area contributed by atoms with Crippen molar-refractivity contribution < 1.29 is 22.6 Å². The van der Waals surface area contributed by atoms with E-state index in [2.05, 4.69) is 21.8 Å². The monoisotopic (exact) mass is 392 g/mol. The summed E-state index contributed by atoms with van der Waals surface area (Å²) in [6, 6.07) is 4.80. The van der Waals surface area contributed by atoms with E-state index >= 15 is 0 Å². The highest BCUT2D eigenvalue weighted by Crippen LogP contribution is 2.31. The number of rotatable bonds is 3. The van der Waals surface area contributed by atoms with E-state index in [-0.39, 0.29) is 17.7 Å². The van der Waals surface area contributed by atoms with Gasteiger partial charge in [0.2, 0.25) is 5.95 Å². The Balaban J connectivity index is 2.02. The van der Waals surface area contributed by atoms with Gasteiger partial charge in [0.25, 0.3) is 0 Å². The minimum Gasteiger partial charge on any atom is -0.497 e. The number of nitrogens with zero attached hydrogens (tertiary/aromatic N) is 3. The molecule has 6 nitrogen and oxygen atoms in total. The number of halogens is 3. The highest BCUT2D eigenvalue weighted by molar-refractivity contribution is 5.50. The van der Waals surface area contributed by atoms with Crippen LogP contribution in [0.5, 0.6) is 11.5 Å². The van der Waals surface area contributed by atoms with Crippen LogP contribution in [-0.2, 0) is 6.18 Å². The molecule has 28 heavy (non-hydrogen) atoms. The number of benzene rings is 1. The zero-order valence-corrected chi connectivity index (χ0v) is 15.4. The smallest absolute Gasteiger partial charge is 0.420 e. The molecule has 2 aromatic rings. The van der Waals surface area contributed by atoms with Gasteiger partial charge in [0.1, 0.15) is 22.8 Å². The van der Waals surface area contributed by atoms with Gasteiger partial charge in [-0.3, -0.25) is 0 Å². The lowest BCUT2D eigenvalue weighted by Gasteiger charge is -2.17. The zero-order chi connectivity index (χ0) is 20.3. The molecule has 3 rings (SSSR count). The van der Waals surface area contributed by atoms with E-state index in [9.17, 15) is 13.2 Å². The summed E-state index contributed by atoms with van der Waals surface area (Å²) < 4.78 is 50.4. The van der Waals surface area contributed by atoms with Crippen molar-refractivity contribution in [3.63, 3.8) is 0 Å². The Kier molecular flexibility index (Phi) is 5.61. The number of hydrogen-bond donors (Lipinski definition) is 1. The molecule has 1 fully saturated rings. The number of aromatic nitrogens is 2. The maximum atomic E-state index is 13.4. The molecular weight excluding hydrogens is 373 g/mol. The molecule has 0 aliphatic carbocycles. The van der Waals surface area contributed by atoms with Gasteiger partial charge in [-0.2, -0.15) is 13.2 Å². The van der Waals surface area contributed by atoms with Crippen LogP contribution in [0.1, 0.15) is 23.2 Å². The van der Waals surface area contributed by atoms with Crippen LogP contribution in [-0.4, -0.2) is 43.3 Å². The first-order valence-electron chi connectivity index (χ1n) is 8.50. The highest BCUT2D eigenvalue weighted by atomic mass is 19.4. The van der Waals surface area contributed by atoms with E-state index in [4.69, 9.17) is 15.2 Å². The third-order valence-corrected chi connectivity index (χ3v) is 4.27. The lowest BCUT2D eigenvalue weighted by atomic mass is 10.1. The van der Waals surface area contributed by atoms with E-state index in [0.29, 0.717) is 30.2 Å². The van der Waals surface area contributed by atoms with Gasteiger partial charge in [-0.25, -0.2) is 9.97 Å². The fourth-order valence-corrected chi connectivity index (χ4v) is 2.81. The molecule has 2 N–H and O–H groups in total. The van der Waals surface area contributed by atoms with Crippen LogP contribution in [0.2, 0.25) is 0 Å². The maximum Gasteiger partial charge on any atom is 0.420 e. The molecule has 9 heteroatoms. The van der Waals surface area contributed by atoms with Gasteiger partial charge in [-0.05, 0) is 24.5 Å². The molecule has 1 aliphatic rings. The Morgan fingerprint density at radius 3 is 2.36 bits per heavy atom. The molecule has 1 atom stereocenters. The van der Waals surface area contributed by atoms with Gasteiger partial charge in [0, 0.05) is 37.0 Å². The average molecular weight is 392 g/mol. The Morgan fingerprint density at radius 2 is 1.82 bits per heavy atom. The molecule has 1 aromatic carbocycles. The Hall–Kier alpha value is -2.99. The van der Waals surface area contributed by atoms with Crippen molar-refractivity contribution in [3.05, 3.63) is 41.2 Å². The molecule has 0 unspecified atom stereocenters. The van der Waals surface area contributed by atoms with Gasteiger partial charge in [-0.1, -0.05) is 5.92 Å². The molecule has 1 saturated heterocycles. The van der Waals surface area contributed by atoms with Crippen LogP contribution < -0.4 is 20.1 Å². The van der Waals surface area contributed by atoms with Crippen molar-refractivity contribution in [1.29, 1.82) is 0 Å². The summed E-state index contributed by atoms with van der Waals surface area (Å²) in [5.41, 5.74) is 4.92. The molecule has 0 radical (unpaired) electrons. The predicted octanol–water partition coefficient (Wildman–Crippen LogP) is 2.45. The third kappa shape index (κ3) is 4.46. The normalized spacial score (nSPS) is 16.5.